The van der Waals surface area contributed by atoms with Gasteiger partial charge in [-0.25, -0.2) is 0 Å². The predicted octanol–water partition coefficient (Wildman–Crippen LogP) is 19.3. The third kappa shape index (κ3) is 6.33. The zero-order chi connectivity index (χ0) is 51.0. The van der Waals surface area contributed by atoms with Crippen molar-refractivity contribution in [1.29, 1.82) is 0 Å². The first-order valence-corrected chi connectivity index (χ1v) is 27.2. The average molecular weight is 965 g/mol. The van der Waals surface area contributed by atoms with E-state index in [1.165, 1.54) is 90.4 Å². The Morgan fingerprint density at radius 2 is 0.904 bits per heavy atom. The highest BCUT2D eigenvalue weighted by Crippen LogP contribution is 2.60. The zero-order valence-corrected chi connectivity index (χ0v) is 44.1. The lowest BCUT2D eigenvalue weighted by atomic mass is 9.57. The average Bonchev–Trinajstić information content (AvgIpc) is 3.96. The quantitative estimate of drug-likeness (QED) is 0.121. The van der Waals surface area contributed by atoms with Crippen molar-refractivity contribution >= 4 is 0 Å². The second kappa shape index (κ2) is 16.5. The molecule has 0 fully saturated rings. The number of halogens is 3. The molecule has 0 bridgehead atoms. The number of hydrogen-bond acceptors (Lipinski definition) is 0. The third-order valence-corrected chi connectivity index (χ3v) is 20.0. The number of benzene rings is 8. The summed E-state index contributed by atoms with van der Waals surface area (Å²) in [6, 6.07) is 58.1. The molecule has 0 nitrogen and oxygen atoms in total. The van der Waals surface area contributed by atoms with Crippen LogP contribution in [0.5, 0.6) is 0 Å². The van der Waals surface area contributed by atoms with E-state index >= 15 is 13.2 Å². The molecule has 0 radical (unpaired) electrons. The standard InChI is InChI=1S/C70H67F3/c1-10-65(8,51-31-35-55-52-18-16-17-19-58(52)67(11-2,12-3)63(55)40-51)49-27-21-44(22-28-49)47-26-34-56-57-37-48-42-69(15-6,59(48)41-64(57)68(13-4,14-5)62(56)39-47)50-29-23-45(24-30-50)46-25-33-54-53-32-20-43(7)36-60(53)66(9,61(54)38-46)70(71,72)73/h16-41H,10-15,42H2,1-9H3. The SMILES string of the molecule is CCC(C)(c1ccc(-c2ccc3c(c2)C(CC)(CC)c2cc4c(cc2-3)CC4(CC)c2ccc(-c3ccc4c(c3)C(C)(C(F)(F)F)c3cc(C)ccc3-4)cc2)cc1)c1ccc2c(c1)C(CC)(CC)c1ccccc1-2. The van der Waals surface area contributed by atoms with E-state index < -0.39 is 11.6 Å². The Morgan fingerprint density at radius 3 is 1.52 bits per heavy atom. The summed E-state index contributed by atoms with van der Waals surface area (Å²) in [4.78, 5) is 0. The number of hydrogen-bond donors (Lipinski definition) is 0. The van der Waals surface area contributed by atoms with E-state index in [9.17, 15) is 0 Å². The van der Waals surface area contributed by atoms with Crippen LogP contribution in [0.3, 0.4) is 0 Å². The fraction of sp³-hybridized carbons (Fsp3) is 0.314. The van der Waals surface area contributed by atoms with Crippen LogP contribution in [0.2, 0.25) is 0 Å². The van der Waals surface area contributed by atoms with E-state index in [-0.39, 0.29) is 21.7 Å². The maximum atomic E-state index is 15.1. The molecule has 0 heterocycles. The monoisotopic (exact) mass is 965 g/mol. The minimum Gasteiger partial charge on any atom is -0.170 e. The lowest BCUT2D eigenvalue weighted by molar-refractivity contribution is -0.172. The summed E-state index contributed by atoms with van der Waals surface area (Å²) >= 11 is 0. The number of rotatable bonds is 11. The predicted molar refractivity (Wildman–Crippen MR) is 298 cm³/mol. The lowest BCUT2D eigenvalue weighted by Gasteiger charge is -2.46. The van der Waals surface area contributed by atoms with E-state index in [2.05, 4.69) is 170 Å². The molecule has 0 aliphatic heterocycles. The first kappa shape index (κ1) is 47.5. The van der Waals surface area contributed by atoms with Crippen LogP contribution in [-0.4, -0.2) is 6.18 Å². The fourth-order valence-electron chi connectivity index (χ4n) is 15.0. The summed E-state index contributed by atoms with van der Waals surface area (Å²) in [6.07, 6.45) is 2.69. The third-order valence-electron chi connectivity index (χ3n) is 20.0. The van der Waals surface area contributed by atoms with E-state index in [1.807, 2.05) is 31.2 Å². The van der Waals surface area contributed by atoms with Crippen LogP contribution in [-0.2, 0) is 33.5 Å². The van der Waals surface area contributed by atoms with Gasteiger partial charge in [-0.2, -0.15) is 13.2 Å². The van der Waals surface area contributed by atoms with Crippen LogP contribution in [0.25, 0.3) is 55.6 Å². The molecule has 4 aliphatic rings. The van der Waals surface area contributed by atoms with Crippen molar-refractivity contribution in [3.8, 4) is 55.6 Å². The van der Waals surface area contributed by atoms with Crippen LogP contribution >= 0.6 is 0 Å². The van der Waals surface area contributed by atoms with Gasteiger partial charge in [0, 0.05) is 21.7 Å². The largest absolute Gasteiger partial charge is 0.402 e. The van der Waals surface area contributed by atoms with Crippen molar-refractivity contribution in [3.63, 3.8) is 0 Å². The minimum absolute atomic E-state index is 0.0449. The summed E-state index contributed by atoms with van der Waals surface area (Å²) in [5, 5.41) is 0. The minimum atomic E-state index is -4.44. The molecule has 8 aromatic rings. The molecule has 0 saturated heterocycles. The van der Waals surface area contributed by atoms with Crippen LogP contribution in [0, 0.1) is 6.92 Å². The van der Waals surface area contributed by atoms with Gasteiger partial charge in [-0.3, -0.25) is 0 Å². The zero-order valence-electron chi connectivity index (χ0n) is 44.1. The van der Waals surface area contributed by atoms with Crippen molar-refractivity contribution < 1.29 is 13.2 Å². The molecule has 4 aliphatic carbocycles. The summed E-state index contributed by atoms with van der Waals surface area (Å²) < 4.78 is 45.3. The molecule has 368 valence electrons. The fourth-order valence-corrected chi connectivity index (χ4v) is 15.0. The van der Waals surface area contributed by atoms with Gasteiger partial charge in [0.25, 0.3) is 0 Å². The van der Waals surface area contributed by atoms with Crippen LogP contribution in [0.1, 0.15) is 161 Å². The summed E-state index contributed by atoms with van der Waals surface area (Å²) in [5.74, 6) is 0. The highest BCUT2D eigenvalue weighted by Gasteiger charge is 2.58. The maximum Gasteiger partial charge on any atom is 0.402 e. The number of fused-ring (bicyclic) bond motifs is 10. The molecule has 0 aromatic heterocycles. The van der Waals surface area contributed by atoms with Gasteiger partial charge >= 0.3 is 6.18 Å². The molecule has 3 atom stereocenters. The Kier molecular flexibility index (Phi) is 10.8. The molecular formula is C70H67F3. The van der Waals surface area contributed by atoms with Crippen LogP contribution in [0.15, 0.2) is 158 Å². The molecule has 3 heteroatoms. The summed E-state index contributed by atoms with van der Waals surface area (Å²) in [6.45, 7) is 19.7. The van der Waals surface area contributed by atoms with Gasteiger partial charge in [0.2, 0.25) is 0 Å². The number of aryl methyl sites for hydroxylation is 1. The molecular weight excluding hydrogens is 898 g/mol. The molecule has 3 unspecified atom stereocenters. The van der Waals surface area contributed by atoms with Crippen molar-refractivity contribution in [3.05, 3.63) is 224 Å². The second-order valence-electron chi connectivity index (χ2n) is 22.6. The van der Waals surface area contributed by atoms with Crippen molar-refractivity contribution in [2.24, 2.45) is 0 Å². The Balaban J connectivity index is 0.841. The van der Waals surface area contributed by atoms with E-state index in [1.54, 1.807) is 12.1 Å². The van der Waals surface area contributed by atoms with Gasteiger partial charge in [0.1, 0.15) is 5.41 Å². The second-order valence-corrected chi connectivity index (χ2v) is 22.6. The normalized spacial score (nSPS) is 19.9. The molecule has 0 spiro atoms. The lowest BCUT2D eigenvalue weighted by Crippen LogP contribution is -2.40. The van der Waals surface area contributed by atoms with Gasteiger partial charge in [-0.15, -0.1) is 0 Å². The molecule has 0 amide bonds. The molecule has 0 saturated carbocycles. The molecule has 73 heavy (non-hydrogen) atoms. The Hall–Kier alpha value is -6.45. The summed E-state index contributed by atoms with van der Waals surface area (Å²) in [7, 11) is 0. The van der Waals surface area contributed by atoms with Crippen molar-refractivity contribution in [1.82, 2.24) is 0 Å². The van der Waals surface area contributed by atoms with Crippen molar-refractivity contribution in [2.75, 3.05) is 0 Å². The molecule has 8 aromatic carbocycles. The highest BCUT2D eigenvalue weighted by molar-refractivity contribution is 5.87. The first-order chi connectivity index (χ1) is 35.1. The van der Waals surface area contributed by atoms with Crippen LogP contribution in [0.4, 0.5) is 13.2 Å². The van der Waals surface area contributed by atoms with Gasteiger partial charge in [-0.1, -0.05) is 200 Å². The van der Waals surface area contributed by atoms with E-state index in [0.29, 0.717) is 22.3 Å². The Labute approximate surface area is 431 Å². The van der Waals surface area contributed by atoms with Gasteiger partial charge in [0.05, 0.1) is 0 Å². The highest BCUT2D eigenvalue weighted by atomic mass is 19.4. The Bertz CT molecular complexity index is 3520. The van der Waals surface area contributed by atoms with Crippen molar-refractivity contribution in [2.45, 2.75) is 141 Å². The summed E-state index contributed by atoms with van der Waals surface area (Å²) in [5.41, 5.74) is 22.9. The Morgan fingerprint density at radius 1 is 0.425 bits per heavy atom. The topological polar surface area (TPSA) is 0 Å². The van der Waals surface area contributed by atoms with Crippen LogP contribution < -0.4 is 0 Å². The van der Waals surface area contributed by atoms with Gasteiger partial charge < -0.3 is 0 Å². The molecule has 0 N–H and O–H groups in total. The van der Waals surface area contributed by atoms with E-state index in [4.69, 9.17) is 0 Å². The smallest absolute Gasteiger partial charge is 0.170 e. The molecule has 12 rings (SSSR count). The number of alkyl halides is 3. The first-order valence-electron chi connectivity index (χ1n) is 27.2. The van der Waals surface area contributed by atoms with Gasteiger partial charge in [-0.05, 0) is 188 Å². The van der Waals surface area contributed by atoms with Gasteiger partial charge in [0.15, 0.2) is 0 Å². The maximum absolute atomic E-state index is 15.1. The van der Waals surface area contributed by atoms with E-state index in [0.717, 1.165) is 61.6 Å².